The summed E-state index contributed by atoms with van der Waals surface area (Å²) in [6, 6.07) is 17.2. The van der Waals surface area contributed by atoms with Crippen LogP contribution in [0.2, 0.25) is 5.02 Å². The van der Waals surface area contributed by atoms with Gasteiger partial charge in [0.2, 0.25) is 5.91 Å². The molecular weight excluding hydrogens is 526 g/mol. The second-order valence-electron chi connectivity index (χ2n) is 9.02. The molecule has 0 unspecified atom stereocenters. The molecule has 0 fully saturated rings. The van der Waals surface area contributed by atoms with E-state index in [0.717, 1.165) is 28.1 Å². The first kappa shape index (κ1) is 28.1. The van der Waals surface area contributed by atoms with Crippen molar-refractivity contribution in [2.75, 3.05) is 38.7 Å². The van der Waals surface area contributed by atoms with Crippen LogP contribution in [0, 0.1) is 11.6 Å². The summed E-state index contributed by atoms with van der Waals surface area (Å²) in [6.45, 7) is 0.757. The van der Waals surface area contributed by atoms with E-state index in [1.165, 1.54) is 36.3 Å². The molecule has 1 aromatic heterocycles. The zero-order valence-electron chi connectivity index (χ0n) is 21.4. The minimum absolute atomic E-state index is 0.130. The third-order valence-electron chi connectivity index (χ3n) is 6.31. The molecule has 0 spiro atoms. The highest BCUT2D eigenvalue weighted by Gasteiger charge is 2.22. The minimum atomic E-state index is -0.604. The number of rotatable bonds is 11. The standard InChI is InChI=1S/C29H29ClF2N4O3/c1-39-15-14-36(29(38)34-23-10-11-26(32)25(30)16-23)19-28(37)35(18-20-6-8-22(31)9-7-20)13-12-21-17-33-27-5-3-2-4-24(21)27/h2-11,16-17,33H,12-15,18-19H2,1H3,(H,34,38). The Balaban J connectivity index is 1.51. The van der Waals surface area contributed by atoms with Crippen LogP contribution in [0.4, 0.5) is 19.3 Å². The average Bonchev–Trinajstić information content (AvgIpc) is 3.35. The van der Waals surface area contributed by atoms with Gasteiger partial charge in [0.05, 0.1) is 11.6 Å². The van der Waals surface area contributed by atoms with Crippen LogP contribution < -0.4 is 5.32 Å². The number of anilines is 1. The molecule has 7 nitrogen and oxygen atoms in total. The number of nitrogens with zero attached hydrogens (tertiary/aromatic N) is 2. The van der Waals surface area contributed by atoms with Gasteiger partial charge in [-0.25, -0.2) is 13.6 Å². The summed E-state index contributed by atoms with van der Waals surface area (Å²) in [6.07, 6.45) is 2.51. The van der Waals surface area contributed by atoms with Crippen LogP contribution in [-0.4, -0.2) is 60.1 Å². The van der Waals surface area contributed by atoms with E-state index in [0.29, 0.717) is 18.7 Å². The second-order valence-corrected chi connectivity index (χ2v) is 9.43. The maximum Gasteiger partial charge on any atom is 0.322 e. The fourth-order valence-corrected chi connectivity index (χ4v) is 4.37. The molecule has 0 saturated heterocycles. The molecule has 0 radical (unpaired) electrons. The van der Waals surface area contributed by atoms with Crippen LogP contribution >= 0.6 is 11.6 Å². The fourth-order valence-electron chi connectivity index (χ4n) is 4.19. The number of carbonyl (C=O) groups is 2. The summed E-state index contributed by atoms with van der Waals surface area (Å²) in [5.41, 5.74) is 3.12. The summed E-state index contributed by atoms with van der Waals surface area (Å²) in [5, 5.41) is 3.60. The molecule has 0 aliphatic carbocycles. The minimum Gasteiger partial charge on any atom is -0.383 e. The number of hydrogen-bond donors (Lipinski definition) is 2. The smallest absolute Gasteiger partial charge is 0.322 e. The number of methoxy groups -OCH3 is 1. The Morgan fingerprint density at radius 1 is 1.00 bits per heavy atom. The zero-order valence-corrected chi connectivity index (χ0v) is 22.2. The number of aromatic amines is 1. The van der Waals surface area contributed by atoms with E-state index in [4.69, 9.17) is 16.3 Å². The molecule has 3 amide bonds. The molecule has 0 aliphatic rings. The third-order valence-corrected chi connectivity index (χ3v) is 6.60. The molecule has 204 valence electrons. The van der Waals surface area contributed by atoms with E-state index in [2.05, 4.69) is 10.3 Å². The normalized spacial score (nSPS) is 11.0. The van der Waals surface area contributed by atoms with Crippen molar-refractivity contribution < 1.29 is 23.1 Å². The molecule has 4 rings (SSSR count). The predicted molar refractivity (Wildman–Crippen MR) is 148 cm³/mol. The number of aromatic nitrogens is 1. The first-order chi connectivity index (χ1) is 18.8. The number of benzene rings is 3. The Kier molecular flexibility index (Phi) is 9.51. The number of hydrogen-bond acceptors (Lipinski definition) is 3. The molecule has 10 heteroatoms. The van der Waals surface area contributed by atoms with Crippen molar-refractivity contribution in [1.82, 2.24) is 14.8 Å². The lowest BCUT2D eigenvalue weighted by Gasteiger charge is -2.28. The molecule has 0 saturated carbocycles. The molecular formula is C29H29ClF2N4O3. The highest BCUT2D eigenvalue weighted by Crippen LogP contribution is 2.21. The highest BCUT2D eigenvalue weighted by atomic mass is 35.5. The van der Waals surface area contributed by atoms with E-state index in [9.17, 15) is 18.4 Å². The van der Waals surface area contributed by atoms with E-state index >= 15 is 0 Å². The quantitative estimate of drug-likeness (QED) is 0.244. The van der Waals surface area contributed by atoms with Gasteiger partial charge in [-0.2, -0.15) is 0 Å². The van der Waals surface area contributed by atoms with E-state index < -0.39 is 11.8 Å². The van der Waals surface area contributed by atoms with Crippen molar-refractivity contribution in [3.05, 3.63) is 101 Å². The van der Waals surface area contributed by atoms with Crippen LogP contribution in [-0.2, 0) is 22.5 Å². The number of amides is 3. The van der Waals surface area contributed by atoms with Crippen LogP contribution in [0.15, 0.2) is 72.9 Å². The number of nitrogens with one attached hydrogen (secondary N) is 2. The number of halogens is 3. The van der Waals surface area contributed by atoms with E-state index in [1.807, 2.05) is 30.5 Å². The van der Waals surface area contributed by atoms with Crippen LogP contribution in [0.25, 0.3) is 10.9 Å². The monoisotopic (exact) mass is 554 g/mol. The van der Waals surface area contributed by atoms with Gasteiger partial charge in [-0.3, -0.25) is 4.79 Å². The average molecular weight is 555 g/mol. The molecule has 1 heterocycles. The molecule has 0 bridgehead atoms. The summed E-state index contributed by atoms with van der Waals surface area (Å²) in [5.74, 6) is -1.26. The Morgan fingerprint density at radius 2 is 1.77 bits per heavy atom. The Morgan fingerprint density at radius 3 is 2.51 bits per heavy atom. The van der Waals surface area contributed by atoms with Gasteiger partial charge >= 0.3 is 6.03 Å². The molecule has 39 heavy (non-hydrogen) atoms. The second kappa shape index (κ2) is 13.2. The van der Waals surface area contributed by atoms with Gasteiger partial charge in [0.15, 0.2) is 0 Å². The van der Waals surface area contributed by atoms with Gasteiger partial charge in [-0.1, -0.05) is 41.9 Å². The van der Waals surface area contributed by atoms with Crippen LogP contribution in [0.5, 0.6) is 0 Å². The lowest BCUT2D eigenvalue weighted by atomic mass is 10.1. The van der Waals surface area contributed by atoms with Gasteiger partial charge in [-0.05, 0) is 53.9 Å². The van der Waals surface area contributed by atoms with Crippen molar-refractivity contribution in [3.8, 4) is 0 Å². The third kappa shape index (κ3) is 7.55. The molecule has 2 N–H and O–H groups in total. The summed E-state index contributed by atoms with van der Waals surface area (Å²) in [7, 11) is 1.50. The number of ether oxygens (including phenoxy) is 1. The van der Waals surface area contributed by atoms with Crippen LogP contribution in [0.3, 0.4) is 0 Å². The lowest BCUT2D eigenvalue weighted by molar-refractivity contribution is -0.132. The van der Waals surface area contributed by atoms with Crippen molar-refractivity contribution in [1.29, 1.82) is 0 Å². The molecule has 0 aliphatic heterocycles. The first-order valence-electron chi connectivity index (χ1n) is 12.4. The number of carbonyl (C=O) groups excluding carboxylic acids is 2. The summed E-state index contributed by atoms with van der Waals surface area (Å²) < 4.78 is 32.2. The number of urea groups is 1. The van der Waals surface area contributed by atoms with Gasteiger partial charge in [0.1, 0.15) is 18.2 Å². The van der Waals surface area contributed by atoms with Gasteiger partial charge in [-0.15, -0.1) is 0 Å². The Hall–Kier alpha value is -3.95. The van der Waals surface area contributed by atoms with E-state index in [1.54, 1.807) is 17.0 Å². The Bertz CT molecular complexity index is 1430. The highest BCUT2D eigenvalue weighted by molar-refractivity contribution is 6.31. The molecule has 4 aromatic rings. The maximum atomic E-state index is 13.6. The summed E-state index contributed by atoms with van der Waals surface area (Å²) >= 11 is 5.84. The van der Waals surface area contributed by atoms with Crippen molar-refractivity contribution >= 4 is 40.1 Å². The van der Waals surface area contributed by atoms with Crippen molar-refractivity contribution in [2.45, 2.75) is 13.0 Å². The number of para-hydroxylation sites is 1. The largest absolute Gasteiger partial charge is 0.383 e. The topological polar surface area (TPSA) is 77.7 Å². The Labute approximate surface area is 230 Å². The van der Waals surface area contributed by atoms with Crippen molar-refractivity contribution in [3.63, 3.8) is 0 Å². The first-order valence-corrected chi connectivity index (χ1v) is 12.8. The zero-order chi connectivity index (χ0) is 27.8. The maximum absolute atomic E-state index is 13.6. The number of fused-ring (bicyclic) bond motifs is 1. The van der Waals surface area contributed by atoms with Gasteiger partial charge in [0, 0.05) is 49.5 Å². The van der Waals surface area contributed by atoms with Gasteiger partial charge < -0.3 is 24.8 Å². The van der Waals surface area contributed by atoms with Crippen molar-refractivity contribution in [2.24, 2.45) is 0 Å². The van der Waals surface area contributed by atoms with Gasteiger partial charge in [0.25, 0.3) is 0 Å². The molecule has 3 aromatic carbocycles. The SMILES string of the molecule is COCCN(CC(=O)N(CCc1c[nH]c2ccccc12)Cc1ccc(F)cc1)C(=O)Nc1ccc(F)c(Cl)c1. The van der Waals surface area contributed by atoms with Crippen LogP contribution in [0.1, 0.15) is 11.1 Å². The molecule has 0 atom stereocenters. The fraction of sp³-hybridized carbons (Fsp3) is 0.241. The number of H-pyrrole nitrogens is 1. The predicted octanol–water partition coefficient (Wildman–Crippen LogP) is 5.85. The summed E-state index contributed by atoms with van der Waals surface area (Å²) in [4.78, 5) is 32.9. The van der Waals surface area contributed by atoms with E-state index in [-0.39, 0.29) is 43.0 Å². The lowest BCUT2D eigenvalue weighted by Crippen LogP contribution is -2.46.